The summed E-state index contributed by atoms with van der Waals surface area (Å²) in [7, 11) is 2.07. The maximum Gasteiger partial charge on any atom is 0.255 e. The molecule has 1 saturated heterocycles. The molecule has 0 radical (unpaired) electrons. The lowest BCUT2D eigenvalue weighted by atomic mass is 10.0. The van der Waals surface area contributed by atoms with Gasteiger partial charge in [0.2, 0.25) is 5.91 Å². The summed E-state index contributed by atoms with van der Waals surface area (Å²) in [5, 5.41) is 0. The highest BCUT2D eigenvalue weighted by molar-refractivity contribution is 6.06. The minimum Gasteiger partial charge on any atom is -0.397 e. The molecule has 8 heteroatoms. The molecule has 3 aromatic carbocycles. The lowest BCUT2D eigenvalue weighted by molar-refractivity contribution is -0.124. The van der Waals surface area contributed by atoms with Crippen molar-refractivity contribution in [1.29, 1.82) is 0 Å². The van der Waals surface area contributed by atoms with Crippen LogP contribution in [0.1, 0.15) is 27.7 Å². The number of rotatable bonds is 7. The third kappa shape index (κ3) is 5.73. The molecule has 0 saturated carbocycles. The molecule has 1 unspecified atom stereocenters. The first-order valence-corrected chi connectivity index (χ1v) is 13.4. The Hall–Kier alpha value is -4.53. The molecule has 1 aliphatic rings. The summed E-state index contributed by atoms with van der Waals surface area (Å²) in [4.78, 5) is 37.2. The van der Waals surface area contributed by atoms with Gasteiger partial charge in [-0.15, -0.1) is 0 Å². The highest BCUT2D eigenvalue weighted by atomic mass is 16.2. The number of carbonyl (C=O) groups excluding carboxylic acids is 2. The van der Waals surface area contributed by atoms with Crippen molar-refractivity contribution >= 4 is 28.9 Å². The fourth-order valence-electron chi connectivity index (χ4n) is 5.01. The summed E-state index contributed by atoms with van der Waals surface area (Å²) in [6.07, 6.45) is 1.44. The third-order valence-corrected chi connectivity index (χ3v) is 7.38. The number of primary amides is 1. The van der Waals surface area contributed by atoms with Crippen LogP contribution in [0.15, 0.2) is 91.1 Å². The summed E-state index contributed by atoms with van der Waals surface area (Å²) in [5.74, 6) is -0.738. The van der Waals surface area contributed by atoms with Crippen LogP contribution in [0, 0.1) is 6.92 Å². The molecule has 0 aliphatic carbocycles. The van der Waals surface area contributed by atoms with Crippen LogP contribution in [0.5, 0.6) is 0 Å². The van der Waals surface area contributed by atoms with Gasteiger partial charge in [0.15, 0.2) is 0 Å². The first kappa shape index (κ1) is 27.1. The lowest BCUT2D eigenvalue weighted by Gasteiger charge is -2.39. The second-order valence-corrected chi connectivity index (χ2v) is 10.2. The number of piperazine rings is 1. The molecule has 4 N–H and O–H groups in total. The summed E-state index contributed by atoms with van der Waals surface area (Å²) >= 11 is 0. The fourth-order valence-corrected chi connectivity index (χ4v) is 5.01. The minimum absolute atomic E-state index is 0.176. The van der Waals surface area contributed by atoms with Crippen LogP contribution in [-0.4, -0.2) is 59.8 Å². The maximum atomic E-state index is 14.8. The van der Waals surface area contributed by atoms with Crippen LogP contribution >= 0.6 is 0 Å². The van der Waals surface area contributed by atoms with Gasteiger partial charge in [-0.2, -0.15) is 0 Å². The van der Waals surface area contributed by atoms with E-state index in [1.165, 1.54) is 6.20 Å². The zero-order chi connectivity index (χ0) is 28.2. The third-order valence-electron chi connectivity index (χ3n) is 7.38. The van der Waals surface area contributed by atoms with Crippen LogP contribution in [0.3, 0.4) is 0 Å². The molecule has 1 fully saturated rings. The molecule has 0 bridgehead atoms. The van der Waals surface area contributed by atoms with E-state index in [4.69, 9.17) is 11.5 Å². The monoisotopic (exact) mass is 534 g/mol. The molecular formula is C32H34N6O2. The number of aryl methyl sites for hydroxylation is 1. The zero-order valence-corrected chi connectivity index (χ0v) is 22.8. The number of nitrogen functional groups attached to an aromatic ring is 1. The molecule has 2 amide bonds. The van der Waals surface area contributed by atoms with E-state index in [2.05, 4.69) is 21.8 Å². The predicted molar refractivity (Wildman–Crippen MR) is 159 cm³/mol. The smallest absolute Gasteiger partial charge is 0.255 e. The van der Waals surface area contributed by atoms with Gasteiger partial charge in [0.1, 0.15) is 6.04 Å². The number of benzene rings is 3. The van der Waals surface area contributed by atoms with Crippen molar-refractivity contribution in [2.75, 3.05) is 43.9 Å². The van der Waals surface area contributed by atoms with Crippen LogP contribution < -0.4 is 16.4 Å². The molecule has 2 heterocycles. The van der Waals surface area contributed by atoms with E-state index < -0.39 is 11.9 Å². The van der Waals surface area contributed by atoms with Gasteiger partial charge in [0, 0.05) is 38.1 Å². The van der Waals surface area contributed by atoms with E-state index in [1.807, 2.05) is 79.7 Å². The SMILES string of the molecule is Cc1ccc(N(C(=O)C(c2ccc(C(N)=O)cn2)N2CCN(C)CC2)c2cc(-c3ccccc3)ccc2N)cc1. The highest BCUT2D eigenvalue weighted by Gasteiger charge is 2.36. The van der Waals surface area contributed by atoms with E-state index >= 15 is 0 Å². The Morgan fingerprint density at radius 2 is 1.57 bits per heavy atom. The quantitative estimate of drug-likeness (QED) is 0.341. The Kier molecular flexibility index (Phi) is 7.91. The van der Waals surface area contributed by atoms with Crippen LogP contribution in [-0.2, 0) is 4.79 Å². The average Bonchev–Trinajstić information content (AvgIpc) is 2.97. The van der Waals surface area contributed by atoms with Crippen molar-refractivity contribution < 1.29 is 9.59 Å². The summed E-state index contributed by atoms with van der Waals surface area (Å²) in [5.41, 5.74) is 17.8. The Balaban J connectivity index is 1.64. The molecule has 0 spiro atoms. The largest absolute Gasteiger partial charge is 0.397 e. The second-order valence-electron chi connectivity index (χ2n) is 10.2. The topological polar surface area (TPSA) is 109 Å². The van der Waals surface area contributed by atoms with Gasteiger partial charge < -0.3 is 16.4 Å². The summed E-state index contributed by atoms with van der Waals surface area (Å²) in [6.45, 7) is 5.02. The van der Waals surface area contributed by atoms with Crippen LogP contribution in [0.2, 0.25) is 0 Å². The number of pyridine rings is 1. The normalized spacial score (nSPS) is 14.9. The van der Waals surface area contributed by atoms with Crippen molar-refractivity contribution in [3.63, 3.8) is 0 Å². The number of anilines is 3. The van der Waals surface area contributed by atoms with E-state index in [0.717, 1.165) is 29.8 Å². The minimum atomic E-state index is -0.697. The molecule has 1 aliphatic heterocycles. The van der Waals surface area contributed by atoms with Gasteiger partial charge in [-0.3, -0.25) is 24.4 Å². The number of nitrogens with zero attached hydrogens (tertiary/aromatic N) is 4. The first-order valence-electron chi connectivity index (χ1n) is 13.4. The predicted octanol–water partition coefficient (Wildman–Crippen LogP) is 4.39. The maximum absolute atomic E-state index is 14.8. The Morgan fingerprint density at radius 1 is 0.875 bits per heavy atom. The number of hydrogen-bond acceptors (Lipinski definition) is 6. The Bertz CT molecular complexity index is 1480. The van der Waals surface area contributed by atoms with Crippen molar-refractivity contribution in [1.82, 2.24) is 14.8 Å². The van der Waals surface area contributed by atoms with Crippen LogP contribution in [0.25, 0.3) is 11.1 Å². The zero-order valence-electron chi connectivity index (χ0n) is 22.8. The van der Waals surface area contributed by atoms with Crippen molar-refractivity contribution in [2.24, 2.45) is 5.73 Å². The number of hydrogen-bond donors (Lipinski definition) is 2. The Labute approximate surface area is 234 Å². The number of carbonyl (C=O) groups is 2. The van der Waals surface area contributed by atoms with E-state index in [1.54, 1.807) is 17.0 Å². The van der Waals surface area contributed by atoms with Crippen molar-refractivity contribution in [2.45, 2.75) is 13.0 Å². The fraction of sp³-hybridized carbons (Fsp3) is 0.219. The molecule has 5 rings (SSSR count). The molecule has 204 valence electrons. The summed E-state index contributed by atoms with van der Waals surface area (Å²) < 4.78 is 0. The molecule has 8 nitrogen and oxygen atoms in total. The second kappa shape index (κ2) is 11.7. The van der Waals surface area contributed by atoms with E-state index in [9.17, 15) is 9.59 Å². The van der Waals surface area contributed by atoms with Gasteiger partial charge in [0.05, 0.1) is 22.6 Å². The summed E-state index contributed by atoms with van der Waals surface area (Å²) in [6, 6.07) is 26.3. The van der Waals surface area contributed by atoms with Crippen molar-refractivity contribution in [3.05, 3.63) is 108 Å². The van der Waals surface area contributed by atoms with Gasteiger partial charge in [-0.25, -0.2) is 0 Å². The van der Waals surface area contributed by atoms with E-state index in [-0.39, 0.29) is 5.91 Å². The van der Waals surface area contributed by atoms with Gasteiger partial charge >= 0.3 is 0 Å². The molecular weight excluding hydrogens is 500 g/mol. The molecule has 4 aromatic rings. The van der Waals surface area contributed by atoms with Gasteiger partial charge in [0.25, 0.3) is 5.91 Å². The number of likely N-dealkylation sites (N-methyl/N-ethyl adjacent to an activating group) is 1. The van der Waals surface area contributed by atoms with Gasteiger partial charge in [-0.05, 0) is 61.5 Å². The number of aromatic nitrogens is 1. The molecule has 1 aromatic heterocycles. The number of amides is 2. The van der Waals surface area contributed by atoms with Crippen molar-refractivity contribution in [3.8, 4) is 11.1 Å². The van der Waals surface area contributed by atoms with Crippen LogP contribution in [0.4, 0.5) is 17.1 Å². The highest BCUT2D eigenvalue weighted by Crippen LogP contribution is 2.38. The first-order chi connectivity index (χ1) is 19.3. The van der Waals surface area contributed by atoms with E-state index in [0.29, 0.717) is 41.4 Å². The average molecular weight is 535 g/mol. The standard InChI is InChI=1S/C32H34N6O2/c1-22-8-12-26(13-9-22)38(29-20-24(10-14-27(29)33)23-6-4-3-5-7-23)32(40)30(37-18-16-36(2)17-19-37)28-15-11-25(21-35-28)31(34)39/h3-15,20-21,30H,16-19,33H2,1-2H3,(H2,34,39). The molecule has 40 heavy (non-hydrogen) atoms. The molecule has 1 atom stereocenters. The Morgan fingerprint density at radius 3 is 2.20 bits per heavy atom. The van der Waals surface area contributed by atoms with Gasteiger partial charge in [-0.1, -0.05) is 54.1 Å². The number of nitrogens with two attached hydrogens (primary N) is 2. The lowest BCUT2D eigenvalue weighted by Crippen LogP contribution is -2.50.